The lowest BCUT2D eigenvalue weighted by molar-refractivity contribution is 0.0304. The summed E-state index contributed by atoms with van der Waals surface area (Å²) in [6.07, 6.45) is 3.70. The van der Waals surface area contributed by atoms with Crippen LogP contribution in [-0.2, 0) is 6.54 Å². The number of halogens is 1. The van der Waals surface area contributed by atoms with E-state index in [4.69, 9.17) is 4.74 Å². The van der Waals surface area contributed by atoms with Crippen LogP contribution in [-0.4, -0.2) is 35.3 Å². The lowest BCUT2D eigenvalue weighted by Gasteiger charge is -2.37. The van der Waals surface area contributed by atoms with Crippen molar-refractivity contribution in [1.82, 2.24) is 4.90 Å². The van der Waals surface area contributed by atoms with Gasteiger partial charge in [-0.1, -0.05) is 12.1 Å². The molecule has 0 saturated carbocycles. The van der Waals surface area contributed by atoms with Gasteiger partial charge in [-0.15, -0.1) is 0 Å². The van der Waals surface area contributed by atoms with E-state index in [0.717, 1.165) is 25.7 Å². The van der Waals surface area contributed by atoms with Crippen molar-refractivity contribution in [2.24, 2.45) is 0 Å². The van der Waals surface area contributed by atoms with Gasteiger partial charge >= 0.3 is 0 Å². The SMILES string of the molecule is COc1cccc(CN2C3CCC2CC(O)C3)c1F. The highest BCUT2D eigenvalue weighted by Gasteiger charge is 2.40. The Labute approximate surface area is 113 Å². The molecule has 2 aliphatic rings. The monoisotopic (exact) mass is 265 g/mol. The van der Waals surface area contributed by atoms with Gasteiger partial charge in [0.05, 0.1) is 13.2 Å². The molecule has 3 rings (SSSR count). The van der Waals surface area contributed by atoms with Crippen molar-refractivity contribution in [3.8, 4) is 5.75 Å². The van der Waals surface area contributed by atoms with Gasteiger partial charge in [-0.05, 0) is 31.7 Å². The molecule has 2 atom stereocenters. The number of hydrogen-bond acceptors (Lipinski definition) is 3. The number of methoxy groups -OCH3 is 1. The van der Waals surface area contributed by atoms with Gasteiger partial charge in [-0.25, -0.2) is 4.39 Å². The van der Waals surface area contributed by atoms with E-state index < -0.39 is 0 Å². The van der Waals surface area contributed by atoms with Gasteiger partial charge in [0, 0.05) is 24.2 Å². The van der Waals surface area contributed by atoms with Gasteiger partial charge in [0.1, 0.15) is 0 Å². The van der Waals surface area contributed by atoms with Gasteiger partial charge in [-0.2, -0.15) is 0 Å². The van der Waals surface area contributed by atoms with Crippen LogP contribution in [0.25, 0.3) is 0 Å². The highest BCUT2D eigenvalue weighted by atomic mass is 19.1. The fourth-order valence-electron chi connectivity index (χ4n) is 3.54. The van der Waals surface area contributed by atoms with Gasteiger partial charge in [0.15, 0.2) is 11.6 Å². The van der Waals surface area contributed by atoms with Crippen molar-refractivity contribution in [2.75, 3.05) is 7.11 Å². The molecule has 2 aliphatic heterocycles. The third kappa shape index (κ3) is 2.35. The molecule has 2 fully saturated rings. The summed E-state index contributed by atoms with van der Waals surface area (Å²) >= 11 is 0. The smallest absolute Gasteiger partial charge is 0.169 e. The molecule has 2 heterocycles. The standard InChI is InChI=1S/C15H20FNO2/c1-19-14-4-2-3-10(15(14)16)9-17-11-5-6-12(17)8-13(18)7-11/h2-4,11-13,18H,5-9H2,1H3. The average molecular weight is 265 g/mol. The summed E-state index contributed by atoms with van der Waals surface area (Å²) in [5, 5.41) is 9.79. The minimum Gasteiger partial charge on any atom is -0.494 e. The predicted molar refractivity (Wildman–Crippen MR) is 70.5 cm³/mol. The van der Waals surface area contributed by atoms with Crippen molar-refractivity contribution in [3.63, 3.8) is 0 Å². The molecule has 1 aromatic carbocycles. The number of benzene rings is 1. The number of aliphatic hydroxyl groups excluding tert-OH is 1. The molecule has 0 aliphatic carbocycles. The lowest BCUT2D eigenvalue weighted by Crippen LogP contribution is -2.44. The van der Waals surface area contributed by atoms with Crippen molar-refractivity contribution < 1.29 is 14.2 Å². The van der Waals surface area contributed by atoms with Gasteiger partial charge in [-0.3, -0.25) is 4.90 Å². The van der Waals surface area contributed by atoms with Crippen LogP contribution in [0.3, 0.4) is 0 Å². The fourth-order valence-corrected chi connectivity index (χ4v) is 3.54. The molecule has 1 aromatic rings. The fraction of sp³-hybridized carbons (Fsp3) is 0.600. The quantitative estimate of drug-likeness (QED) is 0.910. The number of ether oxygens (including phenoxy) is 1. The first kappa shape index (κ1) is 12.9. The van der Waals surface area contributed by atoms with E-state index in [1.807, 2.05) is 12.1 Å². The summed E-state index contributed by atoms with van der Waals surface area (Å²) in [6, 6.07) is 6.10. The van der Waals surface area contributed by atoms with Crippen LogP contribution in [0.2, 0.25) is 0 Å². The second-order valence-corrected chi connectivity index (χ2v) is 5.62. The predicted octanol–water partition coefficient (Wildman–Crippen LogP) is 2.32. The van der Waals surface area contributed by atoms with Crippen LogP contribution < -0.4 is 4.74 Å². The third-order valence-corrected chi connectivity index (χ3v) is 4.48. The first-order valence-corrected chi connectivity index (χ1v) is 6.94. The third-order valence-electron chi connectivity index (χ3n) is 4.48. The molecule has 0 spiro atoms. The number of piperidine rings is 1. The maximum Gasteiger partial charge on any atom is 0.169 e. The maximum absolute atomic E-state index is 14.2. The molecule has 0 aromatic heterocycles. The topological polar surface area (TPSA) is 32.7 Å². The maximum atomic E-state index is 14.2. The summed E-state index contributed by atoms with van der Waals surface area (Å²) in [7, 11) is 1.49. The largest absolute Gasteiger partial charge is 0.494 e. The lowest BCUT2D eigenvalue weighted by atomic mass is 9.99. The highest BCUT2D eigenvalue weighted by Crippen LogP contribution is 2.37. The highest BCUT2D eigenvalue weighted by molar-refractivity contribution is 5.31. The van der Waals surface area contributed by atoms with Gasteiger partial charge in [0.25, 0.3) is 0 Å². The molecular formula is C15H20FNO2. The van der Waals surface area contributed by atoms with Crippen LogP contribution in [0.5, 0.6) is 5.75 Å². The second-order valence-electron chi connectivity index (χ2n) is 5.62. The molecule has 2 bridgehead atoms. The Morgan fingerprint density at radius 1 is 1.32 bits per heavy atom. The molecular weight excluding hydrogens is 245 g/mol. The molecule has 0 radical (unpaired) electrons. The van der Waals surface area contributed by atoms with E-state index in [9.17, 15) is 9.50 Å². The summed E-state index contributed by atoms with van der Waals surface area (Å²) in [6.45, 7) is 0.616. The molecule has 2 unspecified atom stereocenters. The zero-order chi connectivity index (χ0) is 13.4. The van der Waals surface area contributed by atoms with E-state index in [1.165, 1.54) is 7.11 Å². The summed E-state index contributed by atoms with van der Waals surface area (Å²) < 4.78 is 19.2. The molecule has 3 nitrogen and oxygen atoms in total. The normalized spacial score (nSPS) is 30.6. The minimum absolute atomic E-state index is 0.177. The molecule has 104 valence electrons. The second kappa shape index (κ2) is 5.10. The van der Waals surface area contributed by atoms with Crippen molar-refractivity contribution in [1.29, 1.82) is 0 Å². The van der Waals surface area contributed by atoms with Crippen LogP contribution in [0.4, 0.5) is 4.39 Å². The molecule has 0 amide bonds. The number of nitrogens with zero attached hydrogens (tertiary/aromatic N) is 1. The molecule has 4 heteroatoms. The number of rotatable bonds is 3. The first-order chi connectivity index (χ1) is 9.19. The van der Waals surface area contributed by atoms with Crippen molar-refractivity contribution in [3.05, 3.63) is 29.6 Å². The Morgan fingerprint density at radius 3 is 2.63 bits per heavy atom. The van der Waals surface area contributed by atoms with Crippen molar-refractivity contribution >= 4 is 0 Å². The van der Waals surface area contributed by atoms with E-state index in [2.05, 4.69) is 4.90 Å². The number of fused-ring (bicyclic) bond motifs is 2. The minimum atomic E-state index is -0.254. The first-order valence-electron chi connectivity index (χ1n) is 6.94. The molecule has 2 saturated heterocycles. The van der Waals surface area contributed by atoms with E-state index in [0.29, 0.717) is 29.9 Å². The Bertz CT molecular complexity index is 451. The summed E-state index contributed by atoms with van der Waals surface area (Å²) in [4.78, 5) is 2.35. The van der Waals surface area contributed by atoms with Gasteiger partial charge in [0.2, 0.25) is 0 Å². The van der Waals surface area contributed by atoms with Crippen LogP contribution in [0, 0.1) is 5.82 Å². The van der Waals surface area contributed by atoms with E-state index in [-0.39, 0.29) is 11.9 Å². The zero-order valence-corrected chi connectivity index (χ0v) is 11.2. The Balaban J connectivity index is 1.79. The summed E-state index contributed by atoms with van der Waals surface area (Å²) in [5.74, 6) is 0.0532. The average Bonchev–Trinajstić information content (AvgIpc) is 2.64. The van der Waals surface area contributed by atoms with Crippen LogP contribution in [0.15, 0.2) is 18.2 Å². The Morgan fingerprint density at radius 2 is 2.00 bits per heavy atom. The number of hydrogen-bond donors (Lipinski definition) is 1. The zero-order valence-electron chi connectivity index (χ0n) is 11.2. The Hall–Kier alpha value is -1.13. The molecule has 1 N–H and O–H groups in total. The molecule has 19 heavy (non-hydrogen) atoms. The Kier molecular flexibility index (Phi) is 3.46. The van der Waals surface area contributed by atoms with Crippen LogP contribution >= 0.6 is 0 Å². The van der Waals surface area contributed by atoms with Crippen molar-refractivity contribution in [2.45, 2.75) is 50.4 Å². The summed E-state index contributed by atoms with van der Waals surface area (Å²) in [5.41, 5.74) is 0.688. The number of aliphatic hydroxyl groups is 1. The van der Waals surface area contributed by atoms with E-state index >= 15 is 0 Å². The van der Waals surface area contributed by atoms with Crippen LogP contribution in [0.1, 0.15) is 31.2 Å². The van der Waals surface area contributed by atoms with E-state index in [1.54, 1.807) is 6.07 Å². The van der Waals surface area contributed by atoms with Gasteiger partial charge < -0.3 is 9.84 Å².